The summed E-state index contributed by atoms with van der Waals surface area (Å²) in [4.78, 5) is 20.2. The predicted molar refractivity (Wildman–Crippen MR) is 123 cm³/mol. The Morgan fingerprint density at radius 1 is 1.14 bits per heavy atom. The van der Waals surface area contributed by atoms with Crippen molar-refractivity contribution in [3.8, 4) is 0 Å². The van der Waals surface area contributed by atoms with E-state index in [9.17, 15) is 4.79 Å². The van der Waals surface area contributed by atoms with Crippen molar-refractivity contribution in [3.05, 3.63) is 30.1 Å². The van der Waals surface area contributed by atoms with Gasteiger partial charge in [0.2, 0.25) is 5.91 Å². The van der Waals surface area contributed by atoms with E-state index >= 15 is 0 Å². The van der Waals surface area contributed by atoms with Gasteiger partial charge in [-0.2, -0.15) is 0 Å². The fourth-order valence-electron chi connectivity index (χ4n) is 4.98. The molecule has 162 valence electrons. The number of hydrogen-bond donors (Lipinski definition) is 1. The zero-order valence-corrected chi connectivity index (χ0v) is 19.1. The molecule has 1 unspecified atom stereocenters. The first kappa shape index (κ1) is 24.0. The molecule has 7 heteroatoms. The summed E-state index contributed by atoms with van der Waals surface area (Å²) >= 11 is 0. The Morgan fingerprint density at radius 2 is 1.83 bits per heavy atom. The van der Waals surface area contributed by atoms with Gasteiger partial charge >= 0.3 is 0 Å². The molecule has 2 aromatic rings. The smallest absolute Gasteiger partial charge is 0.242 e. The number of benzene rings is 1. The molecule has 1 saturated heterocycles. The SMILES string of the molecule is CC(C)n1c(C2CCCN(C(=O)C3(N)CCCCC3)C2)nc2ccccc21.Cl.Cl. The number of piperidine rings is 1. The first-order chi connectivity index (χ1) is 13.0. The number of fused-ring (bicyclic) bond motifs is 1. The number of likely N-dealkylation sites (tertiary alicyclic amines) is 1. The maximum Gasteiger partial charge on any atom is 0.242 e. The van der Waals surface area contributed by atoms with E-state index in [0.717, 1.165) is 63.0 Å². The fourth-order valence-corrected chi connectivity index (χ4v) is 4.98. The minimum atomic E-state index is -0.641. The second kappa shape index (κ2) is 9.67. The Hall–Kier alpha value is -1.30. The Morgan fingerprint density at radius 3 is 2.52 bits per heavy atom. The summed E-state index contributed by atoms with van der Waals surface area (Å²) in [6.07, 6.45) is 7.11. The summed E-state index contributed by atoms with van der Waals surface area (Å²) in [6.45, 7) is 5.99. The van der Waals surface area contributed by atoms with Gasteiger partial charge in [0.1, 0.15) is 5.82 Å². The molecular weight excluding hydrogens is 407 g/mol. The van der Waals surface area contributed by atoms with Crippen LogP contribution >= 0.6 is 24.8 Å². The Kier molecular flexibility index (Phi) is 8.00. The third-order valence-corrected chi connectivity index (χ3v) is 6.38. The van der Waals surface area contributed by atoms with Crippen molar-refractivity contribution in [2.24, 2.45) is 5.73 Å². The van der Waals surface area contributed by atoms with Crippen LogP contribution in [0.3, 0.4) is 0 Å². The second-order valence-electron chi connectivity index (χ2n) is 8.73. The van der Waals surface area contributed by atoms with Crippen molar-refractivity contribution in [1.82, 2.24) is 14.5 Å². The quantitative estimate of drug-likeness (QED) is 0.742. The Labute approximate surface area is 186 Å². The average molecular weight is 441 g/mol. The number of imidazole rings is 1. The van der Waals surface area contributed by atoms with Gasteiger partial charge in [-0.1, -0.05) is 31.4 Å². The van der Waals surface area contributed by atoms with Crippen LogP contribution in [-0.2, 0) is 4.79 Å². The van der Waals surface area contributed by atoms with Gasteiger partial charge in [0.15, 0.2) is 0 Å². The molecule has 0 bridgehead atoms. The molecule has 2 heterocycles. The maximum absolute atomic E-state index is 13.2. The fraction of sp³-hybridized carbons (Fsp3) is 0.636. The largest absolute Gasteiger partial charge is 0.340 e. The van der Waals surface area contributed by atoms with Crippen molar-refractivity contribution in [2.75, 3.05) is 13.1 Å². The molecule has 1 atom stereocenters. The highest BCUT2D eigenvalue weighted by Crippen LogP contribution is 2.34. The van der Waals surface area contributed by atoms with Crippen LogP contribution in [-0.4, -0.2) is 39.0 Å². The number of carbonyl (C=O) groups excluding carboxylic acids is 1. The van der Waals surface area contributed by atoms with Crippen LogP contribution in [0.5, 0.6) is 0 Å². The van der Waals surface area contributed by atoms with Crippen LogP contribution in [0.15, 0.2) is 24.3 Å². The van der Waals surface area contributed by atoms with Gasteiger partial charge in [-0.05, 0) is 51.7 Å². The number of hydrogen-bond acceptors (Lipinski definition) is 3. The molecule has 2 fully saturated rings. The molecule has 4 rings (SSSR count). The van der Waals surface area contributed by atoms with Crippen molar-refractivity contribution in [1.29, 1.82) is 0 Å². The van der Waals surface area contributed by atoms with E-state index in [2.05, 4.69) is 36.6 Å². The number of amides is 1. The minimum absolute atomic E-state index is 0. The van der Waals surface area contributed by atoms with Gasteiger partial charge in [0.25, 0.3) is 0 Å². The van der Waals surface area contributed by atoms with Gasteiger partial charge in [0, 0.05) is 25.0 Å². The molecule has 2 N–H and O–H groups in total. The molecule has 1 aromatic heterocycles. The molecular formula is C22H34Cl2N4O. The lowest BCUT2D eigenvalue weighted by molar-refractivity contribution is -0.139. The van der Waals surface area contributed by atoms with E-state index in [1.807, 2.05) is 11.0 Å². The van der Waals surface area contributed by atoms with Crippen molar-refractivity contribution < 1.29 is 4.79 Å². The van der Waals surface area contributed by atoms with Crippen molar-refractivity contribution in [2.45, 2.75) is 76.3 Å². The first-order valence-electron chi connectivity index (χ1n) is 10.5. The lowest BCUT2D eigenvalue weighted by Crippen LogP contribution is -2.57. The first-order valence-corrected chi connectivity index (χ1v) is 10.5. The molecule has 2 aliphatic rings. The molecule has 1 aliphatic heterocycles. The molecule has 5 nitrogen and oxygen atoms in total. The van der Waals surface area contributed by atoms with Gasteiger partial charge in [0.05, 0.1) is 16.6 Å². The number of rotatable bonds is 3. The van der Waals surface area contributed by atoms with Crippen LogP contribution in [0.4, 0.5) is 0 Å². The zero-order chi connectivity index (χ0) is 19.0. The molecule has 0 radical (unpaired) electrons. The van der Waals surface area contributed by atoms with Crippen LogP contribution in [0.25, 0.3) is 11.0 Å². The van der Waals surface area contributed by atoms with E-state index in [1.54, 1.807) is 0 Å². The molecule has 0 spiro atoms. The number of para-hydroxylation sites is 2. The molecule has 1 amide bonds. The normalized spacial score (nSPS) is 21.5. The number of nitrogens with zero attached hydrogens (tertiary/aromatic N) is 3. The van der Waals surface area contributed by atoms with Crippen molar-refractivity contribution >= 4 is 41.8 Å². The van der Waals surface area contributed by atoms with Gasteiger partial charge in [-0.3, -0.25) is 4.79 Å². The highest BCUT2D eigenvalue weighted by molar-refractivity contribution is 5.86. The Bertz CT molecular complexity index is 829. The standard InChI is InChI=1S/C22H32N4O.2ClH/c1-16(2)26-19-11-5-4-10-18(19)24-20(26)17-9-8-14-25(15-17)21(27)22(23)12-6-3-7-13-22;;/h4-5,10-11,16-17H,3,6-9,12-15,23H2,1-2H3;2*1H. The third kappa shape index (κ3) is 4.57. The number of halogens is 2. The molecule has 1 aliphatic carbocycles. The van der Waals surface area contributed by atoms with Gasteiger partial charge in [-0.15, -0.1) is 24.8 Å². The molecule has 1 aromatic carbocycles. The summed E-state index contributed by atoms with van der Waals surface area (Å²) in [7, 11) is 0. The predicted octanol–water partition coefficient (Wildman–Crippen LogP) is 4.83. The van der Waals surface area contributed by atoms with Crippen LogP contribution in [0, 0.1) is 0 Å². The van der Waals surface area contributed by atoms with E-state index in [1.165, 1.54) is 11.9 Å². The van der Waals surface area contributed by atoms with E-state index in [-0.39, 0.29) is 36.6 Å². The Balaban J connectivity index is 0.00000150. The second-order valence-corrected chi connectivity index (χ2v) is 8.73. The summed E-state index contributed by atoms with van der Waals surface area (Å²) < 4.78 is 2.35. The van der Waals surface area contributed by atoms with Gasteiger partial charge in [-0.25, -0.2) is 4.98 Å². The summed E-state index contributed by atoms with van der Waals surface area (Å²) in [5, 5.41) is 0. The number of carbonyl (C=O) groups is 1. The van der Waals surface area contributed by atoms with Gasteiger partial charge < -0.3 is 15.2 Å². The zero-order valence-electron chi connectivity index (χ0n) is 17.5. The van der Waals surface area contributed by atoms with E-state index in [4.69, 9.17) is 10.7 Å². The lowest BCUT2D eigenvalue weighted by atomic mass is 9.81. The maximum atomic E-state index is 13.2. The highest BCUT2D eigenvalue weighted by Gasteiger charge is 2.40. The number of nitrogens with two attached hydrogens (primary N) is 1. The lowest BCUT2D eigenvalue weighted by Gasteiger charge is -2.40. The monoisotopic (exact) mass is 440 g/mol. The van der Waals surface area contributed by atoms with Crippen LogP contribution in [0.2, 0.25) is 0 Å². The summed E-state index contributed by atoms with van der Waals surface area (Å²) in [5.41, 5.74) is 8.14. The summed E-state index contributed by atoms with van der Waals surface area (Å²) in [6, 6.07) is 8.69. The van der Waals surface area contributed by atoms with Crippen molar-refractivity contribution in [3.63, 3.8) is 0 Å². The average Bonchev–Trinajstić information content (AvgIpc) is 3.08. The third-order valence-electron chi connectivity index (χ3n) is 6.38. The summed E-state index contributed by atoms with van der Waals surface area (Å²) in [5.74, 6) is 1.57. The molecule has 1 saturated carbocycles. The van der Waals surface area contributed by atoms with E-state index < -0.39 is 5.54 Å². The van der Waals surface area contributed by atoms with E-state index in [0.29, 0.717) is 6.04 Å². The minimum Gasteiger partial charge on any atom is -0.340 e. The van der Waals surface area contributed by atoms with Crippen LogP contribution < -0.4 is 5.73 Å². The van der Waals surface area contributed by atoms with Crippen LogP contribution in [0.1, 0.15) is 76.6 Å². The molecule has 29 heavy (non-hydrogen) atoms. The number of aromatic nitrogens is 2. The highest BCUT2D eigenvalue weighted by atomic mass is 35.5. The topological polar surface area (TPSA) is 64.2 Å².